The van der Waals surface area contributed by atoms with E-state index in [0.717, 1.165) is 0 Å². The van der Waals surface area contributed by atoms with Crippen LogP contribution in [0.5, 0.6) is 0 Å². The van der Waals surface area contributed by atoms with Crippen molar-refractivity contribution in [3.05, 3.63) is 71.8 Å². The van der Waals surface area contributed by atoms with Gasteiger partial charge in [0.05, 0.1) is 6.42 Å². The minimum absolute atomic E-state index is 0.0687. The molecular formula is C25H25NO9. The molecule has 184 valence electrons. The number of cyclic esters (lactones) is 2. The van der Waals surface area contributed by atoms with E-state index in [2.05, 4.69) is 5.32 Å². The lowest BCUT2D eigenvalue weighted by atomic mass is 9.95. The summed E-state index contributed by atoms with van der Waals surface area (Å²) in [7, 11) is 0. The van der Waals surface area contributed by atoms with Crippen LogP contribution in [0.4, 0.5) is 4.79 Å². The number of benzene rings is 2. The first-order valence-electron chi connectivity index (χ1n) is 10.8. The number of alkyl carbamates (subject to hydrolysis) is 1. The fraction of sp³-hybridized carbons (Fsp3) is 0.320. The molecule has 0 spiro atoms. The van der Waals surface area contributed by atoms with Gasteiger partial charge in [-0.1, -0.05) is 60.7 Å². The molecule has 2 aromatic rings. The molecule has 1 aliphatic heterocycles. The lowest BCUT2D eigenvalue weighted by Crippen LogP contribution is -2.54. The maximum absolute atomic E-state index is 13.1. The number of Topliss-reactive ketones (excluding diaryl/α,β-unsaturated/α-hetero) is 1. The predicted molar refractivity (Wildman–Crippen MR) is 119 cm³/mol. The smallest absolute Gasteiger partial charge is 0.408 e. The van der Waals surface area contributed by atoms with E-state index in [0.29, 0.717) is 11.1 Å². The van der Waals surface area contributed by atoms with Gasteiger partial charge in [-0.3, -0.25) is 19.2 Å². The van der Waals surface area contributed by atoms with Crippen molar-refractivity contribution in [3.63, 3.8) is 0 Å². The summed E-state index contributed by atoms with van der Waals surface area (Å²) < 4.78 is 20.3. The quantitative estimate of drug-likeness (QED) is 0.324. The van der Waals surface area contributed by atoms with Gasteiger partial charge in [-0.25, -0.2) is 4.79 Å². The van der Waals surface area contributed by atoms with Crippen LogP contribution in [0.2, 0.25) is 0 Å². The van der Waals surface area contributed by atoms with E-state index < -0.39 is 54.0 Å². The van der Waals surface area contributed by atoms with Gasteiger partial charge in [-0.05, 0) is 11.1 Å². The Morgan fingerprint density at radius 1 is 0.857 bits per heavy atom. The van der Waals surface area contributed by atoms with Crippen LogP contribution in [0.1, 0.15) is 31.4 Å². The molecule has 3 rings (SSSR count). The molecule has 35 heavy (non-hydrogen) atoms. The molecule has 0 aliphatic carbocycles. The first-order chi connectivity index (χ1) is 16.6. The van der Waals surface area contributed by atoms with Gasteiger partial charge in [0, 0.05) is 13.8 Å². The number of esters is 3. The minimum Gasteiger partial charge on any atom is -0.461 e. The number of amides is 1. The van der Waals surface area contributed by atoms with Crippen LogP contribution in [-0.4, -0.2) is 41.6 Å². The van der Waals surface area contributed by atoms with E-state index >= 15 is 0 Å². The third-order valence-corrected chi connectivity index (χ3v) is 4.91. The van der Waals surface area contributed by atoms with Crippen molar-refractivity contribution in [2.24, 2.45) is 5.92 Å². The summed E-state index contributed by atoms with van der Waals surface area (Å²) in [6.07, 6.45) is -1.67. The number of nitrogens with one attached hydrogen (secondary N) is 1. The zero-order chi connectivity index (χ0) is 25.4. The molecule has 0 saturated carbocycles. The van der Waals surface area contributed by atoms with Crippen molar-refractivity contribution in [2.45, 2.75) is 45.3 Å². The molecule has 0 aromatic heterocycles. The fourth-order valence-electron chi connectivity index (χ4n) is 3.25. The Morgan fingerprint density at radius 2 is 1.34 bits per heavy atom. The molecule has 1 fully saturated rings. The third kappa shape index (κ3) is 7.39. The molecule has 2 aromatic carbocycles. The van der Waals surface area contributed by atoms with Crippen molar-refractivity contribution in [3.8, 4) is 0 Å². The van der Waals surface area contributed by atoms with Gasteiger partial charge < -0.3 is 24.3 Å². The molecule has 0 bridgehead atoms. The van der Waals surface area contributed by atoms with Crippen molar-refractivity contribution in [1.29, 1.82) is 0 Å². The number of ketones is 1. The van der Waals surface area contributed by atoms with Crippen LogP contribution in [0.15, 0.2) is 60.7 Å². The average Bonchev–Trinajstić information content (AvgIpc) is 2.81. The van der Waals surface area contributed by atoms with E-state index in [4.69, 9.17) is 18.9 Å². The molecule has 1 N–H and O–H groups in total. The minimum atomic E-state index is -1.97. The van der Waals surface area contributed by atoms with Gasteiger partial charge in [-0.2, -0.15) is 0 Å². The summed E-state index contributed by atoms with van der Waals surface area (Å²) in [6, 6.07) is 16.0. The second-order valence-corrected chi connectivity index (χ2v) is 8.19. The fourth-order valence-corrected chi connectivity index (χ4v) is 3.25. The van der Waals surface area contributed by atoms with Crippen LogP contribution in [0.3, 0.4) is 0 Å². The molecule has 1 aliphatic rings. The SMILES string of the molecule is CC1(C)OC(=O)C(C(=O)[C@@H](CC(=O)OCc2ccccc2)NC(=O)OCc2ccccc2)C(=O)O1. The van der Waals surface area contributed by atoms with E-state index in [-0.39, 0.29) is 13.2 Å². The highest BCUT2D eigenvalue weighted by atomic mass is 16.7. The van der Waals surface area contributed by atoms with Crippen LogP contribution in [-0.2, 0) is 51.3 Å². The summed E-state index contributed by atoms with van der Waals surface area (Å²) in [5, 5.41) is 2.25. The molecule has 1 saturated heterocycles. The Labute approximate surface area is 201 Å². The van der Waals surface area contributed by atoms with Gasteiger partial charge in [0.1, 0.15) is 19.3 Å². The Bertz CT molecular complexity index is 1010. The standard InChI is InChI=1S/C25H25NO9/c1-25(2)34-22(29)20(23(30)35-25)21(28)18(13-19(27)32-14-16-9-5-3-6-10-16)26-24(31)33-15-17-11-7-4-8-12-17/h3-12,18,20H,13-15H2,1-2H3,(H,26,31)/t18-/m1/s1. The monoisotopic (exact) mass is 483 g/mol. The van der Waals surface area contributed by atoms with Crippen molar-refractivity contribution < 1.29 is 42.9 Å². The summed E-state index contributed by atoms with van der Waals surface area (Å²) >= 11 is 0. The van der Waals surface area contributed by atoms with Crippen molar-refractivity contribution >= 4 is 29.8 Å². The largest absolute Gasteiger partial charge is 0.461 e. The Balaban J connectivity index is 1.69. The number of rotatable bonds is 9. The number of hydrogen-bond acceptors (Lipinski definition) is 9. The number of carbonyl (C=O) groups is 5. The predicted octanol–water partition coefficient (Wildman–Crippen LogP) is 2.44. The second kappa shape index (κ2) is 11.3. The van der Waals surface area contributed by atoms with Crippen molar-refractivity contribution in [2.75, 3.05) is 0 Å². The molecular weight excluding hydrogens is 458 g/mol. The van der Waals surface area contributed by atoms with Gasteiger partial charge in [-0.15, -0.1) is 0 Å². The number of hydrogen-bond donors (Lipinski definition) is 1. The van der Waals surface area contributed by atoms with E-state index in [1.54, 1.807) is 60.7 Å². The van der Waals surface area contributed by atoms with Crippen LogP contribution in [0, 0.1) is 5.92 Å². The first-order valence-corrected chi connectivity index (χ1v) is 10.8. The lowest BCUT2D eigenvalue weighted by Gasteiger charge is -2.33. The first kappa shape index (κ1) is 25.4. The normalized spacial score (nSPS) is 15.8. The lowest BCUT2D eigenvalue weighted by molar-refractivity contribution is -0.238. The Kier molecular flexibility index (Phi) is 8.19. The summed E-state index contributed by atoms with van der Waals surface area (Å²) in [6.45, 7) is 2.50. The topological polar surface area (TPSA) is 134 Å². The maximum atomic E-state index is 13.1. The second-order valence-electron chi connectivity index (χ2n) is 8.19. The van der Waals surface area contributed by atoms with Gasteiger partial charge in [0.2, 0.25) is 5.92 Å². The van der Waals surface area contributed by atoms with Gasteiger partial charge >= 0.3 is 24.0 Å². The summed E-state index contributed by atoms with van der Waals surface area (Å²) in [5.74, 6) is -7.71. The van der Waals surface area contributed by atoms with Crippen LogP contribution < -0.4 is 5.32 Å². The number of ether oxygens (including phenoxy) is 4. The van der Waals surface area contributed by atoms with E-state index in [9.17, 15) is 24.0 Å². The van der Waals surface area contributed by atoms with Crippen molar-refractivity contribution in [1.82, 2.24) is 5.32 Å². The van der Waals surface area contributed by atoms with E-state index in [1.165, 1.54) is 13.8 Å². The average molecular weight is 483 g/mol. The zero-order valence-electron chi connectivity index (χ0n) is 19.2. The highest BCUT2D eigenvalue weighted by Crippen LogP contribution is 2.25. The molecule has 1 amide bonds. The maximum Gasteiger partial charge on any atom is 0.408 e. The molecule has 1 heterocycles. The Hall–Kier alpha value is -4.21. The molecule has 0 unspecified atom stereocenters. The highest BCUT2D eigenvalue weighted by molar-refractivity contribution is 6.18. The van der Waals surface area contributed by atoms with E-state index in [1.807, 2.05) is 0 Å². The molecule has 10 heteroatoms. The zero-order valence-corrected chi connectivity index (χ0v) is 19.2. The van der Waals surface area contributed by atoms with Gasteiger partial charge in [0.15, 0.2) is 5.78 Å². The Morgan fingerprint density at radius 3 is 1.86 bits per heavy atom. The van der Waals surface area contributed by atoms with Gasteiger partial charge in [0.25, 0.3) is 5.79 Å². The molecule has 10 nitrogen and oxygen atoms in total. The van der Waals surface area contributed by atoms with Crippen LogP contribution >= 0.6 is 0 Å². The number of carbonyl (C=O) groups excluding carboxylic acids is 5. The highest BCUT2D eigenvalue weighted by Gasteiger charge is 2.49. The third-order valence-electron chi connectivity index (χ3n) is 4.91. The molecule has 1 atom stereocenters. The molecule has 0 radical (unpaired) electrons. The van der Waals surface area contributed by atoms with Crippen LogP contribution in [0.25, 0.3) is 0 Å². The summed E-state index contributed by atoms with van der Waals surface area (Å²) in [4.78, 5) is 62.6. The summed E-state index contributed by atoms with van der Waals surface area (Å²) in [5.41, 5.74) is 1.40.